The van der Waals surface area contributed by atoms with Crippen LogP contribution in [0.2, 0.25) is 0 Å². The number of carbonyl (C=O) groups is 1. The van der Waals surface area contributed by atoms with Gasteiger partial charge in [-0.05, 0) is 37.1 Å². The Morgan fingerprint density at radius 2 is 1.95 bits per heavy atom. The van der Waals surface area contributed by atoms with Gasteiger partial charge in [0.2, 0.25) is 0 Å². The molecular weight excluding hydrogens is 242 g/mol. The molecule has 0 fully saturated rings. The van der Waals surface area contributed by atoms with Crippen LogP contribution in [0.1, 0.15) is 27.2 Å². The van der Waals surface area contributed by atoms with E-state index in [-0.39, 0.29) is 6.42 Å². The molecule has 0 bridgehead atoms. The maximum atomic E-state index is 10.6. The van der Waals surface area contributed by atoms with Crippen molar-refractivity contribution in [1.82, 2.24) is 0 Å². The minimum Gasteiger partial charge on any atom is -0.493 e. The molecule has 0 saturated heterocycles. The van der Waals surface area contributed by atoms with E-state index >= 15 is 0 Å². The van der Waals surface area contributed by atoms with Crippen LogP contribution < -0.4 is 9.64 Å². The zero-order chi connectivity index (χ0) is 14.3. The third-order valence-electron chi connectivity index (χ3n) is 2.76. The highest BCUT2D eigenvalue weighted by Gasteiger charge is 2.07. The zero-order valence-electron chi connectivity index (χ0n) is 11.9. The van der Waals surface area contributed by atoms with Crippen LogP contribution in [0.25, 0.3) is 0 Å². The number of nitrogens with zero attached hydrogens (tertiary/aromatic N) is 1. The van der Waals surface area contributed by atoms with Gasteiger partial charge in [-0.15, -0.1) is 0 Å². The first-order chi connectivity index (χ1) is 9.02. The van der Waals surface area contributed by atoms with Crippen molar-refractivity contribution in [2.24, 2.45) is 5.92 Å². The van der Waals surface area contributed by atoms with E-state index in [0.29, 0.717) is 19.1 Å². The Morgan fingerprint density at radius 3 is 2.42 bits per heavy atom. The predicted octanol–water partition coefficient (Wildman–Crippen LogP) is 3.02. The zero-order valence-corrected chi connectivity index (χ0v) is 11.9. The molecule has 0 radical (unpaired) electrons. The van der Waals surface area contributed by atoms with Crippen molar-refractivity contribution in [3.63, 3.8) is 0 Å². The molecular formula is C15H23NO3. The maximum Gasteiger partial charge on any atom is 0.305 e. The second kappa shape index (κ2) is 7.67. The fourth-order valence-corrected chi connectivity index (χ4v) is 1.72. The van der Waals surface area contributed by atoms with E-state index in [0.717, 1.165) is 18.0 Å². The molecule has 106 valence electrons. The molecule has 0 amide bonds. The van der Waals surface area contributed by atoms with Crippen molar-refractivity contribution >= 4 is 11.7 Å². The Bertz CT molecular complexity index is 387. The van der Waals surface area contributed by atoms with Gasteiger partial charge >= 0.3 is 5.97 Å². The molecule has 4 heteroatoms. The highest BCUT2D eigenvalue weighted by atomic mass is 16.5. The lowest BCUT2D eigenvalue weighted by atomic mass is 10.2. The summed E-state index contributed by atoms with van der Waals surface area (Å²) in [4.78, 5) is 12.6. The van der Waals surface area contributed by atoms with E-state index in [1.165, 1.54) is 0 Å². The molecule has 0 spiro atoms. The molecule has 1 N–H and O–H groups in total. The second-order valence-electron chi connectivity index (χ2n) is 4.92. The van der Waals surface area contributed by atoms with E-state index < -0.39 is 5.97 Å². The first-order valence-corrected chi connectivity index (χ1v) is 6.72. The van der Waals surface area contributed by atoms with Crippen LogP contribution in [-0.2, 0) is 4.79 Å². The minimum absolute atomic E-state index is 0.152. The highest BCUT2D eigenvalue weighted by molar-refractivity contribution is 5.67. The molecule has 1 rings (SSSR count). The molecule has 1 aromatic carbocycles. The van der Waals surface area contributed by atoms with E-state index in [1.807, 2.05) is 36.1 Å². The third kappa shape index (κ3) is 5.64. The largest absolute Gasteiger partial charge is 0.493 e. The van der Waals surface area contributed by atoms with Gasteiger partial charge in [-0.1, -0.05) is 13.8 Å². The molecule has 0 aliphatic heterocycles. The van der Waals surface area contributed by atoms with Gasteiger partial charge in [-0.25, -0.2) is 0 Å². The van der Waals surface area contributed by atoms with Crippen LogP contribution in [0.15, 0.2) is 24.3 Å². The molecule has 0 unspecified atom stereocenters. The summed E-state index contributed by atoms with van der Waals surface area (Å²) in [7, 11) is 0. The summed E-state index contributed by atoms with van der Waals surface area (Å²) in [5, 5.41) is 8.72. The number of carboxylic acid groups (broad SMARTS) is 1. The van der Waals surface area contributed by atoms with Crippen molar-refractivity contribution in [2.75, 3.05) is 24.6 Å². The number of rotatable bonds is 8. The quantitative estimate of drug-likeness (QED) is 0.785. The van der Waals surface area contributed by atoms with E-state index in [4.69, 9.17) is 9.84 Å². The Hall–Kier alpha value is -1.71. The van der Waals surface area contributed by atoms with E-state index in [9.17, 15) is 4.79 Å². The predicted molar refractivity (Wildman–Crippen MR) is 76.9 cm³/mol. The van der Waals surface area contributed by atoms with Gasteiger partial charge in [-0.2, -0.15) is 0 Å². The number of hydrogen-bond donors (Lipinski definition) is 1. The first kappa shape index (κ1) is 15.3. The van der Waals surface area contributed by atoms with E-state index in [1.54, 1.807) is 0 Å². The summed E-state index contributed by atoms with van der Waals surface area (Å²) >= 11 is 0. The molecule has 0 saturated carbocycles. The van der Waals surface area contributed by atoms with Crippen molar-refractivity contribution in [1.29, 1.82) is 0 Å². The van der Waals surface area contributed by atoms with Gasteiger partial charge in [0, 0.05) is 18.8 Å². The lowest BCUT2D eigenvalue weighted by Gasteiger charge is -2.22. The molecule has 0 atom stereocenters. The minimum atomic E-state index is -0.768. The summed E-state index contributed by atoms with van der Waals surface area (Å²) in [5.74, 6) is 0.587. The van der Waals surface area contributed by atoms with Crippen LogP contribution in [0, 0.1) is 5.92 Å². The van der Waals surface area contributed by atoms with Crippen molar-refractivity contribution in [3.8, 4) is 5.75 Å². The Kier molecular flexibility index (Phi) is 6.19. The highest BCUT2D eigenvalue weighted by Crippen LogP contribution is 2.20. The first-order valence-electron chi connectivity index (χ1n) is 6.72. The summed E-state index contributed by atoms with van der Waals surface area (Å²) < 4.78 is 5.62. The summed E-state index contributed by atoms with van der Waals surface area (Å²) in [5.41, 5.74) is 1.03. The molecule has 0 aliphatic rings. The van der Waals surface area contributed by atoms with Gasteiger partial charge in [-0.3, -0.25) is 4.79 Å². The molecule has 4 nitrogen and oxygen atoms in total. The van der Waals surface area contributed by atoms with Crippen molar-refractivity contribution in [3.05, 3.63) is 24.3 Å². The number of ether oxygens (including phenoxy) is 1. The summed E-state index contributed by atoms with van der Waals surface area (Å²) in [6, 6.07) is 7.81. The Morgan fingerprint density at radius 1 is 1.32 bits per heavy atom. The molecule has 0 heterocycles. The molecule has 0 aromatic heterocycles. The second-order valence-corrected chi connectivity index (χ2v) is 4.92. The van der Waals surface area contributed by atoms with Crippen LogP contribution in [-0.4, -0.2) is 30.8 Å². The van der Waals surface area contributed by atoms with Crippen LogP contribution >= 0.6 is 0 Å². The standard InChI is InChI=1S/C15H23NO3/c1-4-16(10-9-15(17)18)13-5-7-14(8-6-13)19-11-12(2)3/h5-8,12H,4,9-11H2,1-3H3,(H,17,18). The van der Waals surface area contributed by atoms with Crippen molar-refractivity contribution < 1.29 is 14.6 Å². The Labute approximate surface area is 115 Å². The van der Waals surface area contributed by atoms with Crippen LogP contribution in [0.5, 0.6) is 5.75 Å². The monoisotopic (exact) mass is 265 g/mol. The normalized spacial score (nSPS) is 10.5. The van der Waals surface area contributed by atoms with Gasteiger partial charge in [0.25, 0.3) is 0 Å². The lowest BCUT2D eigenvalue weighted by Crippen LogP contribution is -2.25. The third-order valence-corrected chi connectivity index (χ3v) is 2.76. The van der Waals surface area contributed by atoms with Crippen molar-refractivity contribution in [2.45, 2.75) is 27.2 Å². The topological polar surface area (TPSA) is 49.8 Å². The van der Waals surface area contributed by atoms with E-state index in [2.05, 4.69) is 13.8 Å². The average molecular weight is 265 g/mol. The summed E-state index contributed by atoms with van der Waals surface area (Å²) in [6.45, 7) is 8.26. The number of anilines is 1. The van der Waals surface area contributed by atoms with Crippen LogP contribution in [0.4, 0.5) is 5.69 Å². The average Bonchev–Trinajstić information content (AvgIpc) is 2.38. The van der Waals surface area contributed by atoms with Gasteiger partial charge in [0.1, 0.15) is 5.75 Å². The lowest BCUT2D eigenvalue weighted by molar-refractivity contribution is -0.136. The van der Waals surface area contributed by atoms with Crippen LogP contribution in [0.3, 0.4) is 0 Å². The number of hydrogen-bond acceptors (Lipinski definition) is 3. The Balaban J connectivity index is 2.59. The SMILES string of the molecule is CCN(CCC(=O)O)c1ccc(OCC(C)C)cc1. The number of carboxylic acids is 1. The fraction of sp³-hybridized carbons (Fsp3) is 0.533. The van der Waals surface area contributed by atoms with Gasteiger partial charge < -0.3 is 14.7 Å². The summed E-state index contributed by atoms with van der Waals surface area (Å²) in [6.07, 6.45) is 0.152. The smallest absolute Gasteiger partial charge is 0.305 e. The number of benzene rings is 1. The fourth-order valence-electron chi connectivity index (χ4n) is 1.72. The van der Waals surface area contributed by atoms with Gasteiger partial charge in [0.15, 0.2) is 0 Å². The maximum absolute atomic E-state index is 10.6. The molecule has 1 aromatic rings. The van der Waals surface area contributed by atoms with Gasteiger partial charge in [0.05, 0.1) is 13.0 Å². The molecule has 0 aliphatic carbocycles. The number of aliphatic carboxylic acids is 1. The molecule has 19 heavy (non-hydrogen) atoms.